The van der Waals surface area contributed by atoms with Crippen LogP contribution in [0.2, 0.25) is 0 Å². The minimum atomic E-state index is -2.86. The Kier molecular flexibility index (Phi) is 4.94. The summed E-state index contributed by atoms with van der Waals surface area (Å²) >= 11 is 0. The van der Waals surface area contributed by atoms with E-state index < -0.39 is 12.7 Å². The molecule has 0 aromatic heterocycles. The highest BCUT2D eigenvalue weighted by atomic mass is 19.3. The lowest BCUT2D eigenvalue weighted by molar-refractivity contribution is -0.0498. The lowest BCUT2D eigenvalue weighted by atomic mass is 10.1. The zero-order chi connectivity index (χ0) is 15.9. The van der Waals surface area contributed by atoms with Gasteiger partial charge in [-0.25, -0.2) is 4.79 Å². The Morgan fingerprint density at radius 3 is 2.41 bits per heavy atom. The first-order chi connectivity index (χ1) is 10.5. The Balaban J connectivity index is 2.11. The van der Waals surface area contributed by atoms with Gasteiger partial charge in [0.2, 0.25) is 0 Å². The highest BCUT2D eigenvalue weighted by molar-refractivity contribution is 5.83. The molecule has 0 fully saturated rings. The van der Waals surface area contributed by atoms with Gasteiger partial charge in [-0.05, 0) is 42.5 Å². The molecule has 0 aliphatic carbocycles. The molecule has 6 heteroatoms. The number of hydrogen-bond acceptors (Lipinski definition) is 2. The summed E-state index contributed by atoms with van der Waals surface area (Å²) in [5.41, 5.74) is 1.66. The maximum Gasteiger partial charge on any atom is 0.409 e. The largest absolute Gasteiger partial charge is 0.465 e. The third kappa shape index (κ3) is 4.80. The third-order valence-corrected chi connectivity index (χ3v) is 2.54. The van der Waals surface area contributed by atoms with E-state index in [1.807, 2.05) is 0 Å². The van der Waals surface area contributed by atoms with Gasteiger partial charge in [0, 0.05) is 16.8 Å². The van der Waals surface area contributed by atoms with Crippen molar-refractivity contribution in [3.63, 3.8) is 0 Å². The molecule has 0 saturated carbocycles. The van der Waals surface area contributed by atoms with E-state index in [1.165, 1.54) is 12.1 Å². The van der Waals surface area contributed by atoms with E-state index in [1.54, 1.807) is 36.4 Å². The van der Waals surface area contributed by atoms with Gasteiger partial charge in [0.05, 0.1) is 0 Å². The first-order valence-electron chi connectivity index (χ1n) is 6.20. The first-order valence-corrected chi connectivity index (χ1v) is 6.20. The molecule has 2 rings (SSSR count). The van der Waals surface area contributed by atoms with Crippen LogP contribution in [0.1, 0.15) is 11.1 Å². The molecule has 0 aliphatic heterocycles. The van der Waals surface area contributed by atoms with E-state index in [-0.39, 0.29) is 5.75 Å². The fraction of sp³-hybridized carbons (Fsp3) is 0.0625. The number of anilines is 1. The van der Waals surface area contributed by atoms with Crippen LogP contribution in [0, 0.1) is 11.8 Å². The van der Waals surface area contributed by atoms with Crippen LogP contribution in [0.3, 0.4) is 0 Å². The number of hydrogen-bond donors (Lipinski definition) is 2. The average Bonchev–Trinajstić information content (AvgIpc) is 2.46. The molecule has 4 nitrogen and oxygen atoms in total. The average molecular weight is 303 g/mol. The van der Waals surface area contributed by atoms with Crippen molar-refractivity contribution < 1.29 is 23.4 Å². The second-order valence-electron chi connectivity index (χ2n) is 4.16. The van der Waals surface area contributed by atoms with Crippen molar-refractivity contribution in [3.05, 3.63) is 59.7 Å². The van der Waals surface area contributed by atoms with Crippen LogP contribution in [-0.2, 0) is 0 Å². The summed E-state index contributed by atoms with van der Waals surface area (Å²) in [5.74, 6) is 5.78. The van der Waals surface area contributed by atoms with Crippen LogP contribution in [0.25, 0.3) is 0 Å². The molecule has 1 amide bonds. The van der Waals surface area contributed by atoms with E-state index in [9.17, 15) is 13.6 Å². The van der Waals surface area contributed by atoms with Gasteiger partial charge in [0.15, 0.2) is 0 Å². The van der Waals surface area contributed by atoms with E-state index in [0.717, 1.165) is 0 Å². The Morgan fingerprint density at radius 1 is 1.09 bits per heavy atom. The van der Waals surface area contributed by atoms with E-state index >= 15 is 0 Å². The summed E-state index contributed by atoms with van der Waals surface area (Å²) < 4.78 is 28.3. The quantitative estimate of drug-likeness (QED) is 0.848. The van der Waals surface area contributed by atoms with Crippen LogP contribution in [-0.4, -0.2) is 17.8 Å². The van der Waals surface area contributed by atoms with E-state index in [4.69, 9.17) is 5.11 Å². The topological polar surface area (TPSA) is 58.6 Å². The third-order valence-electron chi connectivity index (χ3n) is 2.54. The lowest BCUT2D eigenvalue weighted by Crippen LogP contribution is -2.06. The number of benzene rings is 2. The van der Waals surface area contributed by atoms with Crippen molar-refractivity contribution >= 4 is 11.8 Å². The van der Waals surface area contributed by atoms with Crippen LogP contribution < -0.4 is 10.1 Å². The smallest absolute Gasteiger partial charge is 0.409 e. The number of alkyl halides is 2. The van der Waals surface area contributed by atoms with Gasteiger partial charge in [0.1, 0.15) is 5.75 Å². The molecule has 0 aliphatic rings. The SMILES string of the molecule is O=C(O)Nc1cccc(C#Cc2ccc(OC(F)F)cc2)c1. The second-order valence-corrected chi connectivity index (χ2v) is 4.16. The summed E-state index contributed by atoms with van der Waals surface area (Å²) in [6, 6.07) is 12.5. The molecule has 0 saturated heterocycles. The predicted molar refractivity (Wildman–Crippen MR) is 77.1 cm³/mol. The van der Waals surface area contributed by atoms with Gasteiger partial charge < -0.3 is 9.84 Å². The van der Waals surface area contributed by atoms with Gasteiger partial charge >= 0.3 is 12.7 Å². The van der Waals surface area contributed by atoms with E-state index in [0.29, 0.717) is 16.8 Å². The summed E-state index contributed by atoms with van der Waals surface area (Å²) in [4.78, 5) is 10.6. The number of rotatable bonds is 3. The standard InChI is InChI=1S/C16H11F2NO3/c17-15(18)22-14-8-6-11(7-9-14)4-5-12-2-1-3-13(10-12)19-16(20)21/h1-3,6-10,15,19H,(H,20,21). The van der Waals surface area contributed by atoms with Crippen LogP contribution in [0.15, 0.2) is 48.5 Å². The summed E-state index contributed by atoms with van der Waals surface area (Å²) in [5, 5.41) is 10.9. The Bertz CT molecular complexity index is 718. The monoisotopic (exact) mass is 303 g/mol. The molecule has 0 atom stereocenters. The number of carboxylic acid groups (broad SMARTS) is 1. The Morgan fingerprint density at radius 2 is 1.77 bits per heavy atom. The molecular weight excluding hydrogens is 292 g/mol. The van der Waals surface area contributed by atoms with Gasteiger partial charge in [-0.3, -0.25) is 5.32 Å². The predicted octanol–water partition coefficient (Wildman–Crippen LogP) is 3.78. The lowest BCUT2D eigenvalue weighted by Gasteiger charge is -2.03. The number of carbonyl (C=O) groups is 1. The molecule has 112 valence electrons. The summed E-state index contributed by atoms with van der Waals surface area (Å²) in [7, 11) is 0. The van der Waals surface area contributed by atoms with Crippen molar-refractivity contribution in [1.82, 2.24) is 0 Å². The Labute approximate surface area is 125 Å². The molecule has 2 aromatic rings. The van der Waals surface area contributed by atoms with Gasteiger partial charge in [-0.15, -0.1) is 0 Å². The van der Waals surface area contributed by atoms with Crippen LogP contribution in [0.4, 0.5) is 19.3 Å². The Hall–Kier alpha value is -3.07. The normalized spacial score (nSPS) is 9.77. The zero-order valence-electron chi connectivity index (χ0n) is 11.2. The number of halogens is 2. The summed E-state index contributed by atoms with van der Waals surface area (Å²) in [6.07, 6.45) is -1.15. The van der Waals surface area contributed by atoms with Gasteiger partial charge in [-0.1, -0.05) is 17.9 Å². The number of ether oxygens (including phenoxy) is 1. The van der Waals surface area contributed by atoms with Crippen LogP contribution >= 0.6 is 0 Å². The summed E-state index contributed by atoms with van der Waals surface area (Å²) in [6.45, 7) is -2.86. The van der Waals surface area contributed by atoms with Gasteiger partial charge in [-0.2, -0.15) is 8.78 Å². The van der Waals surface area contributed by atoms with Gasteiger partial charge in [0.25, 0.3) is 0 Å². The maximum atomic E-state index is 12.0. The van der Waals surface area contributed by atoms with Crippen molar-refractivity contribution in [2.24, 2.45) is 0 Å². The minimum Gasteiger partial charge on any atom is -0.465 e. The molecular formula is C16H11F2NO3. The molecule has 2 aromatic carbocycles. The molecule has 0 heterocycles. The number of nitrogens with one attached hydrogen (secondary N) is 1. The maximum absolute atomic E-state index is 12.0. The number of amides is 1. The second kappa shape index (κ2) is 7.09. The first kappa shape index (κ1) is 15.3. The fourth-order valence-corrected chi connectivity index (χ4v) is 1.66. The van der Waals surface area contributed by atoms with Crippen molar-refractivity contribution in [1.29, 1.82) is 0 Å². The molecule has 0 radical (unpaired) electrons. The molecule has 0 spiro atoms. The van der Waals surface area contributed by atoms with Crippen LogP contribution in [0.5, 0.6) is 5.75 Å². The van der Waals surface area contributed by atoms with Crippen molar-refractivity contribution in [3.8, 4) is 17.6 Å². The molecule has 22 heavy (non-hydrogen) atoms. The highest BCUT2D eigenvalue weighted by Gasteiger charge is 2.02. The molecule has 2 N–H and O–H groups in total. The zero-order valence-corrected chi connectivity index (χ0v) is 11.2. The van der Waals surface area contributed by atoms with E-state index in [2.05, 4.69) is 21.9 Å². The van der Waals surface area contributed by atoms with Crippen molar-refractivity contribution in [2.75, 3.05) is 5.32 Å². The highest BCUT2D eigenvalue weighted by Crippen LogP contribution is 2.14. The molecule has 0 bridgehead atoms. The fourth-order valence-electron chi connectivity index (χ4n) is 1.66. The minimum absolute atomic E-state index is 0.0632. The molecule has 0 unspecified atom stereocenters. The van der Waals surface area contributed by atoms with Crippen molar-refractivity contribution in [2.45, 2.75) is 6.61 Å².